The molecule has 3 N–H and O–H groups in total. The fourth-order valence-electron chi connectivity index (χ4n) is 4.49. The number of nitrogen functional groups attached to an aromatic ring is 1. The molecule has 0 unspecified atom stereocenters. The van der Waals surface area contributed by atoms with Crippen molar-refractivity contribution in [2.45, 2.75) is 51.6 Å². The van der Waals surface area contributed by atoms with Gasteiger partial charge in [-0.15, -0.1) is 0 Å². The van der Waals surface area contributed by atoms with Gasteiger partial charge < -0.3 is 15.4 Å². The van der Waals surface area contributed by atoms with E-state index in [1.54, 1.807) is 29.2 Å². The molecule has 0 radical (unpaired) electrons. The molecule has 1 atom stereocenters. The van der Waals surface area contributed by atoms with E-state index in [1.807, 2.05) is 4.90 Å². The van der Waals surface area contributed by atoms with Crippen LogP contribution in [0.3, 0.4) is 0 Å². The molecule has 1 aliphatic heterocycles. The van der Waals surface area contributed by atoms with Crippen LogP contribution in [0.4, 0.5) is 11.6 Å². The molecule has 0 aromatic carbocycles. The van der Waals surface area contributed by atoms with Gasteiger partial charge in [-0.2, -0.15) is 13.5 Å². The molecule has 3 aromatic heterocycles. The number of pyridine rings is 2. The molecule has 0 spiro atoms. The molecule has 3 aromatic rings. The number of aromatic nitrogens is 4. The first kappa shape index (κ1) is 26.4. The van der Waals surface area contributed by atoms with Crippen LogP contribution in [-0.4, -0.2) is 52.8 Å². The van der Waals surface area contributed by atoms with E-state index in [4.69, 9.17) is 15.5 Å². The maximum Gasteiger partial charge on any atom is 0.281 e. The van der Waals surface area contributed by atoms with E-state index < -0.39 is 15.9 Å². The Morgan fingerprint density at radius 1 is 1.27 bits per heavy atom. The Kier molecular flexibility index (Phi) is 7.13. The fraction of sp³-hybridized carbons (Fsp3) is 0.440. The summed E-state index contributed by atoms with van der Waals surface area (Å²) in [4.78, 5) is 24.0. The van der Waals surface area contributed by atoms with Crippen molar-refractivity contribution in [1.82, 2.24) is 24.5 Å². The summed E-state index contributed by atoms with van der Waals surface area (Å²) in [6, 6.07) is 7.38. The van der Waals surface area contributed by atoms with E-state index in [2.05, 4.69) is 49.4 Å². The SMILES string of the molecule is CC(C)COc1cnn(-c2ccc(C(=O)NS(=O)(=O)c3cccc(N)n3)c(N3C[C@@H](C)CC3(C)C)n2)c1.[HH]. The summed E-state index contributed by atoms with van der Waals surface area (Å²) in [5.74, 6) is 1.40. The zero-order valence-corrected chi connectivity index (χ0v) is 22.5. The summed E-state index contributed by atoms with van der Waals surface area (Å²) in [7, 11) is -4.25. The molecule has 11 nitrogen and oxygen atoms in total. The van der Waals surface area contributed by atoms with Crippen LogP contribution in [-0.2, 0) is 10.0 Å². The number of rotatable bonds is 8. The summed E-state index contributed by atoms with van der Waals surface area (Å²) in [5, 5.41) is 4.02. The number of hydrogen-bond donors (Lipinski definition) is 2. The largest absolute Gasteiger partial charge is 0.490 e. The van der Waals surface area contributed by atoms with Crippen LogP contribution in [0.5, 0.6) is 5.75 Å². The zero-order chi connectivity index (χ0) is 27.0. The Balaban J connectivity index is 0.00000400. The number of sulfonamides is 1. The highest BCUT2D eigenvalue weighted by Gasteiger charge is 2.39. The van der Waals surface area contributed by atoms with Gasteiger partial charge in [0.2, 0.25) is 0 Å². The smallest absolute Gasteiger partial charge is 0.281 e. The average molecular weight is 530 g/mol. The van der Waals surface area contributed by atoms with Crippen molar-refractivity contribution in [3.8, 4) is 11.6 Å². The molecule has 0 saturated carbocycles. The molecule has 1 aliphatic rings. The van der Waals surface area contributed by atoms with Crippen molar-refractivity contribution in [3.05, 3.63) is 48.3 Å². The van der Waals surface area contributed by atoms with Crippen LogP contribution in [0.1, 0.15) is 52.8 Å². The Morgan fingerprint density at radius 3 is 2.68 bits per heavy atom. The van der Waals surface area contributed by atoms with Gasteiger partial charge in [0.05, 0.1) is 24.6 Å². The molecular weight excluding hydrogens is 494 g/mol. The predicted octanol–water partition coefficient (Wildman–Crippen LogP) is 3.27. The minimum atomic E-state index is -4.25. The molecule has 37 heavy (non-hydrogen) atoms. The minimum Gasteiger partial charge on any atom is -0.490 e. The van der Waals surface area contributed by atoms with E-state index in [-0.39, 0.29) is 23.4 Å². The van der Waals surface area contributed by atoms with Crippen molar-refractivity contribution in [3.63, 3.8) is 0 Å². The highest BCUT2D eigenvalue weighted by molar-refractivity contribution is 7.90. The third kappa shape index (κ3) is 5.85. The van der Waals surface area contributed by atoms with E-state index in [1.165, 1.54) is 18.2 Å². The first-order chi connectivity index (χ1) is 17.4. The van der Waals surface area contributed by atoms with Crippen molar-refractivity contribution >= 4 is 27.6 Å². The second-order valence-electron chi connectivity index (χ2n) is 10.4. The number of hydrogen-bond acceptors (Lipinski definition) is 9. The minimum absolute atomic E-state index is 0. The van der Waals surface area contributed by atoms with Gasteiger partial charge in [-0.25, -0.2) is 19.4 Å². The molecule has 200 valence electrons. The van der Waals surface area contributed by atoms with Crippen LogP contribution in [0.15, 0.2) is 47.8 Å². The molecule has 1 fully saturated rings. The maximum absolute atomic E-state index is 13.3. The highest BCUT2D eigenvalue weighted by atomic mass is 32.2. The predicted molar refractivity (Wildman–Crippen MR) is 142 cm³/mol. The molecule has 1 saturated heterocycles. The zero-order valence-electron chi connectivity index (χ0n) is 21.7. The number of amides is 1. The second-order valence-corrected chi connectivity index (χ2v) is 12.1. The van der Waals surface area contributed by atoms with Gasteiger partial charge in [0.1, 0.15) is 11.6 Å². The van der Waals surface area contributed by atoms with E-state index in [0.29, 0.717) is 42.4 Å². The van der Waals surface area contributed by atoms with Gasteiger partial charge in [-0.05, 0) is 56.4 Å². The number of ether oxygens (including phenoxy) is 1. The number of nitrogens with two attached hydrogens (primary N) is 1. The molecule has 1 amide bonds. The number of carbonyl (C=O) groups is 1. The van der Waals surface area contributed by atoms with Crippen LogP contribution < -0.4 is 20.1 Å². The lowest BCUT2D eigenvalue weighted by atomic mass is 9.97. The quantitative estimate of drug-likeness (QED) is 0.449. The number of nitrogens with one attached hydrogen (secondary N) is 1. The Labute approximate surface area is 218 Å². The van der Waals surface area contributed by atoms with E-state index >= 15 is 0 Å². The van der Waals surface area contributed by atoms with Crippen LogP contribution in [0.2, 0.25) is 0 Å². The first-order valence-electron chi connectivity index (χ1n) is 12.1. The summed E-state index contributed by atoms with van der Waals surface area (Å²) < 4.78 is 35.2. The van der Waals surface area contributed by atoms with Crippen LogP contribution in [0, 0.1) is 11.8 Å². The van der Waals surface area contributed by atoms with Crippen molar-refractivity contribution in [2.24, 2.45) is 11.8 Å². The third-order valence-corrected chi connectivity index (χ3v) is 7.29. The molecule has 4 rings (SSSR count). The lowest BCUT2D eigenvalue weighted by Gasteiger charge is -2.34. The summed E-state index contributed by atoms with van der Waals surface area (Å²) in [6.07, 6.45) is 4.22. The number of anilines is 2. The van der Waals surface area contributed by atoms with Crippen molar-refractivity contribution < 1.29 is 19.4 Å². The van der Waals surface area contributed by atoms with Crippen LogP contribution >= 0.6 is 0 Å². The van der Waals surface area contributed by atoms with Gasteiger partial charge in [-0.1, -0.05) is 26.8 Å². The Hall–Kier alpha value is -3.67. The average Bonchev–Trinajstić information content (AvgIpc) is 3.40. The second kappa shape index (κ2) is 10.0. The van der Waals surface area contributed by atoms with Gasteiger partial charge in [0.25, 0.3) is 15.9 Å². The normalized spacial score (nSPS) is 17.2. The topological polar surface area (TPSA) is 145 Å². The summed E-state index contributed by atoms with van der Waals surface area (Å²) in [5.41, 5.74) is 5.46. The monoisotopic (exact) mass is 529 g/mol. The molecule has 4 heterocycles. The maximum atomic E-state index is 13.3. The fourth-order valence-corrected chi connectivity index (χ4v) is 5.43. The van der Waals surface area contributed by atoms with Crippen molar-refractivity contribution in [2.75, 3.05) is 23.8 Å². The molecule has 0 bridgehead atoms. The number of carbonyl (C=O) groups excluding carboxylic acids is 1. The standard InChI is InChI=1S/C25H33N7O4S.H2/c1-16(2)15-36-18-12-27-32(14-18)21-10-9-19(23(29-21)31-13-17(3)11-25(31,4)5)24(33)30-37(34,35)22-8-6-7-20(26)28-22;/h6-10,12,14,16-17H,11,13,15H2,1-5H3,(H2,26,28)(H,30,33);1H/t17-;/m0./s1. The summed E-state index contributed by atoms with van der Waals surface area (Å²) >= 11 is 0. The van der Waals surface area contributed by atoms with Gasteiger partial charge in [0.15, 0.2) is 16.6 Å². The van der Waals surface area contributed by atoms with Gasteiger partial charge >= 0.3 is 0 Å². The first-order valence-corrected chi connectivity index (χ1v) is 13.6. The van der Waals surface area contributed by atoms with Gasteiger partial charge in [-0.3, -0.25) is 4.79 Å². The summed E-state index contributed by atoms with van der Waals surface area (Å²) in [6.45, 7) is 11.6. The number of nitrogens with zero attached hydrogens (tertiary/aromatic N) is 5. The lowest BCUT2D eigenvalue weighted by molar-refractivity contribution is 0.0981. The Morgan fingerprint density at radius 2 is 2.03 bits per heavy atom. The molecule has 12 heteroatoms. The lowest BCUT2D eigenvalue weighted by Crippen LogP contribution is -2.41. The van der Waals surface area contributed by atoms with Crippen molar-refractivity contribution in [1.29, 1.82) is 0 Å². The van der Waals surface area contributed by atoms with Gasteiger partial charge in [0, 0.05) is 13.5 Å². The van der Waals surface area contributed by atoms with Crippen LogP contribution in [0.25, 0.3) is 5.82 Å². The highest BCUT2D eigenvalue weighted by Crippen LogP contribution is 2.37. The molecular formula is C25H35N7O4S. The molecule has 0 aliphatic carbocycles. The Bertz CT molecular complexity index is 1410. The van der Waals surface area contributed by atoms with E-state index in [0.717, 1.165) is 6.42 Å². The third-order valence-electron chi connectivity index (χ3n) is 6.06. The van der Waals surface area contributed by atoms with E-state index in [9.17, 15) is 13.2 Å².